The lowest BCUT2D eigenvalue weighted by Gasteiger charge is -2.13. The molecule has 1 aromatic carbocycles. The average molecular weight is 271 g/mol. The number of rotatable bonds is 4. The van der Waals surface area contributed by atoms with Crippen molar-refractivity contribution in [1.29, 1.82) is 0 Å². The Morgan fingerprint density at radius 3 is 2.90 bits per heavy atom. The van der Waals surface area contributed by atoms with Crippen LogP contribution in [0.1, 0.15) is 12.8 Å². The minimum Gasteiger partial charge on any atom is -0.329 e. The van der Waals surface area contributed by atoms with Gasteiger partial charge in [0.15, 0.2) is 5.82 Å². The fourth-order valence-corrected chi connectivity index (χ4v) is 2.22. The lowest BCUT2D eigenvalue weighted by molar-refractivity contribution is -0.120. The molecule has 1 amide bonds. The second-order valence-electron chi connectivity index (χ2n) is 5.28. The number of benzene rings is 1. The van der Waals surface area contributed by atoms with Crippen LogP contribution in [0.4, 0.5) is 5.69 Å². The molecular weight excluding hydrogens is 254 g/mol. The summed E-state index contributed by atoms with van der Waals surface area (Å²) in [6.45, 7) is 0.405. The molecule has 1 aliphatic rings. The molecule has 0 radical (unpaired) electrons. The number of hydrogen-bond donors (Lipinski definition) is 2. The summed E-state index contributed by atoms with van der Waals surface area (Å²) < 4.78 is 1.84. The molecule has 0 aliphatic heterocycles. The number of aryl methyl sites for hydroxylation is 1. The van der Waals surface area contributed by atoms with Crippen molar-refractivity contribution < 1.29 is 4.79 Å². The standard InChI is InChI=1S/C14H17N5O/c1-19-9-16-18-12(19)10-3-2-4-11(7-10)17-13(20)14(8-15)5-6-14/h2-4,7,9H,5-6,8,15H2,1H3,(H,17,20). The van der Waals surface area contributed by atoms with Crippen LogP contribution in [0.25, 0.3) is 11.4 Å². The second-order valence-corrected chi connectivity index (χ2v) is 5.28. The smallest absolute Gasteiger partial charge is 0.231 e. The Morgan fingerprint density at radius 2 is 2.30 bits per heavy atom. The zero-order valence-electron chi connectivity index (χ0n) is 11.3. The van der Waals surface area contributed by atoms with E-state index in [9.17, 15) is 4.79 Å². The van der Waals surface area contributed by atoms with Gasteiger partial charge in [0.1, 0.15) is 6.33 Å². The van der Waals surface area contributed by atoms with Crippen LogP contribution in [-0.4, -0.2) is 27.2 Å². The quantitative estimate of drug-likeness (QED) is 0.873. The monoisotopic (exact) mass is 271 g/mol. The van der Waals surface area contributed by atoms with Gasteiger partial charge in [-0.3, -0.25) is 4.79 Å². The van der Waals surface area contributed by atoms with Crippen molar-refractivity contribution in [2.75, 3.05) is 11.9 Å². The van der Waals surface area contributed by atoms with Crippen molar-refractivity contribution in [3.05, 3.63) is 30.6 Å². The van der Waals surface area contributed by atoms with Crippen LogP contribution >= 0.6 is 0 Å². The van der Waals surface area contributed by atoms with E-state index in [4.69, 9.17) is 5.73 Å². The maximum atomic E-state index is 12.2. The van der Waals surface area contributed by atoms with Crippen LogP contribution in [-0.2, 0) is 11.8 Å². The number of hydrogen-bond acceptors (Lipinski definition) is 4. The molecule has 0 unspecified atom stereocenters. The van der Waals surface area contributed by atoms with Crippen LogP contribution in [0, 0.1) is 5.41 Å². The van der Waals surface area contributed by atoms with Gasteiger partial charge in [0.2, 0.25) is 5.91 Å². The molecule has 6 nitrogen and oxygen atoms in total. The number of carbonyl (C=O) groups excluding carboxylic acids is 1. The molecule has 3 N–H and O–H groups in total. The summed E-state index contributed by atoms with van der Waals surface area (Å²) in [6.07, 6.45) is 3.39. The summed E-state index contributed by atoms with van der Waals surface area (Å²) in [5, 5.41) is 10.9. The van der Waals surface area contributed by atoms with Crippen molar-refractivity contribution in [2.45, 2.75) is 12.8 Å². The third-order valence-electron chi connectivity index (χ3n) is 3.82. The normalized spacial score (nSPS) is 15.9. The SMILES string of the molecule is Cn1cnnc1-c1cccc(NC(=O)C2(CN)CC2)c1. The minimum atomic E-state index is -0.346. The first-order valence-electron chi connectivity index (χ1n) is 6.61. The molecule has 0 spiro atoms. The highest BCUT2D eigenvalue weighted by Crippen LogP contribution is 2.45. The van der Waals surface area contributed by atoms with Crippen molar-refractivity contribution >= 4 is 11.6 Å². The van der Waals surface area contributed by atoms with Crippen LogP contribution in [0.3, 0.4) is 0 Å². The number of carbonyl (C=O) groups is 1. The Bertz CT molecular complexity index is 645. The third kappa shape index (κ3) is 2.18. The first-order valence-corrected chi connectivity index (χ1v) is 6.61. The maximum Gasteiger partial charge on any atom is 0.231 e. The molecule has 0 bridgehead atoms. The molecule has 104 valence electrons. The molecular formula is C14H17N5O. The molecule has 1 fully saturated rings. The molecule has 2 aromatic rings. The Labute approximate surface area is 117 Å². The largest absolute Gasteiger partial charge is 0.329 e. The topological polar surface area (TPSA) is 85.8 Å². The van der Waals surface area contributed by atoms with Crippen molar-refractivity contribution in [3.63, 3.8) is 0 Å². The number of anilines is 1. The van der Waals surface area contributed by atoms with E-state index in [1.807, 2.05) is 35.9 Å². The first kappa shape index (κ1) is 12.8. The average Bonchev–Trinajstić information content (AvgIpc) is 3.15. The van der Waals surface area contributed by atoms with Crippen LogP contribution in [0.2, 0.25) is 0 Å². The molecule has 6 heteroatoms. The first-order chi connectivity index (χ1) is 9.64. The number of nitrogens with two attached hydrogens (primary N) is 1. The number of nitrogens with one attached hydrogen (secondary N) is 1. The van der Waals surface area contributed by atoms with E-state index in [1.165, 1.54) is 0 Å². The minimum absolute atomic E-state index is 0.00937. The molecule has 0 saturated heterocycles. The fourth-order valence-electron chi connectivity index (χ4n) is 2.22. The van der Waals surface area contributed by atoms with E-state index < -0.39 is 0 Å². The fraction of sp³-hybridized carbons (Fsp3) is 0.357. The maximum absolute atomic E-state index is 12.2. The van der Waals surface area contributed by atoms with Gasteiger partial charge in [-0.2, -0.15) is 0 Å². The van der Waals surface area contributed by atoms with Gasteiger partial charge in [0, 0.05) is 24.8 Å². The van der Waals surface area contributed by atoms with Crippen molar-refractivity contribution in [3.8, 4) is 11.4 Å². The van der Waals surface area contributed by atoms with Gasteiger partial charge in [-0.25, -0.2) is 0 Å². The Balaban J connectivity index is 1.82. The van der Waals surface area contributed by atoms with Crippen molar-refractivity contribution in [2.24, 2.45) is 18.2 Å². The van der Waals surface area contributed by atoms with E-state index in [0.29, 0.717) is 6.54 Å². The number of aromatic nitrogens is 3. The molecule has 0 atom stereocenters. The second kappa shape index (κ2) is 4.72. The van der Waals surface area contributed by atoms with E-state index in [0.717, 1.165) is 29.9 Å². The van der Waals surface area contributed by atoms with Gasteiger partial charge >= 0.3 is 0 Å². The van der Waals surface area contributed by atoms with E-state index in [1.54, 1.807) is 6.33 Å². The summed E-state index contributed by atoms with van der Waals surface area (Å²) in [5.74, 6) is 0.774. The van der Waals surface area contributed by atoms with E-state index in [2.05, 4.69) is 15.5 Å². The summed E-state index contributed by atoms with van der Waals surface area (Å²) in [4.78, 5) is 12.2. The van der Waals surface area contributed by atoms with E-state index in [-0.39, 0.29) is 11.3 Å². The molecule has 20 heavy (non-hydrogen) atoms. The summed E-state index contributed by atoms with van der Waals surface area (Å²) in [6, 6.07) is 7.59. The molecule has 1 aromatic heterocycles. The predicted octanol–water partition coefficient (Wildman–Crippen LogP) is 1.16. The highest BCUT2D eigenvalue weighted by Gasteiger charge is 2.48. The van der Waals surface area contributed by atoms with Crippen LogP contribution in [0.5, 0.6) is 0 Å². The molecule has 1 aliphatic carbocycles. The number of amides is 1. The van der Waals surface area contributed by atoms with E-state index >= 15 is 0 Å². The Kier molecular flexibility index (Phi) is 3.02. The summed E-state index contributed by atoms with van der Waals surface area (Å²) in [5.41, 5.74) is 7.00. The van der Waals surface area contributed by atoms with Gasteiger partial charge < -0.3 is 15.6 Å². The predicted molar refractivity (Wildman–Crippen MR) is 75.8 cm³/mol. The van der Waals surface area contributed by atoms with Crippen LogP contribution in [0.15, 0.2) is 30.6 Å². The van der Waals surface area contributed by atoms with Gasteiger partial charge in [-0.15, -0.1) is 10.2 Å². The highest BCUT2D eigenvalue weighted by atomic mass is 16.2. The highest BCUT2D eigenvalue weighted by molar-refractivity contribution is 5.97. The zero-order valence-corrected chi connectivity index (χ0v) is 11.3. The van der Waals surface area contributed by atoms with Gasteiger partial charge in [-0.05, 0) is 25.0 Å². The van der Waals surface area contributed by atoms with Crippen LogP contribution < -0.4 is 11.1 Å². The molecule has 3 rings (SSSR count). The molecule has 1 saturated carbocycles. The lowest BCUT2D eigenvalue weighted by atomic mass is 10.1. The Hall–Kier alpha value is -2.21. The molecule has 1 heterocycles. The summed E-state index contributed by atoms with van der Waals surface area (Å²) >= 11 is 0. The zero-order chi connectivity index (χ0) is 14.2. The third-order valence-corrected chi connectivity index (χ3v) is 3.82. The number of nitrogens with zero attached hydrogens (tertiary/aromatic N) is 3. The van der Waals surface area contributed by atoms with Gasteiger partial charge in [0.05, 0.1) is 5.41 Å². The summed E-state index contributed by atoms with van der Waals surface area (Å²) in [7, 11) is 1.88. The van der Waals surface area contributed by atoms with Gasteiger partial charge in [-0.1, -0.05) is 12.1 Å². The van der Waals surface area contributed by atoms with Gasteiger partial charge in [0.25, 0.3) is 0 Å². The van der Waals surface area contributed by atoms with Crippen molar-refractivity contribution in [1.82, 2.24) is 14.8 Å². The lowest BCUT2D eigenvalue weighted by Crippen LogP contribution is -2.30. The Morgan fingerprint density at radius 1 is 1.50 bits per heavy atom.